The van der Waals surface area contributed by atoms with Gasteiger partial charge >= 0.3 is 0 Å². The fourth-order valence-electron chi connectivity index (χ4n) is 4.27. The second-order valence-electron chi connectivity index (χ2n) is 10.7. The van der Waals surface area contributed by atoms with E-state index in [0.29, 0.717) is 27.0 Å². The third-order valence-electron chi connectivity index (χ3n) is 6.37. The van der Waals surface area contributed by atoms with Crippen molar-refractivity contribution in [3.8, 4) is 0 Å². The van der Waals surface area contributed by atoms with Crippen LogP contribution in [0.1, 0.15) is 42.6 Å². The van der Waals surface area contributed by atoms with Crippen molar-refractivity contribution in [2.24, 2.45) is 5.92 Å². The number of hydrogen-bond donors (Lipinski definition) is 2. The van der Waals surface area contributed by atoms with Gasteiger partial charge in [-0.05, 0) is 80.9 Å². The van der Waals surface area contributed by atoms with Crippen molar-refractivity contribution in [2.45, 2.75) is 36.6 Å². The van der Waals surface area contributed by atoms with Gasteiger partial charge in [0.05, 0.1) is 27.8 Å². The predicted molar refractivity (Wildman–Crippen MR) is 166 cm³/mol. The Bertz CT molecular complexity index is 1470. The number of hydrogen-bond acceptors (Lipinski definition) is 4. The number of carbonyl (C=O) groups excluding carboxylic acids is 2. The third-order valence-corrected chi connectivity index (χ3v) is 8.07. The van der Waals surface area contributed by atoms with Crippen LogP contribution in [0.3, 0.4) is 0 Å². The van der Waals surface area contributed by atoms with Crippen molar-refractivity contribution in [1.82, 2.24) is 0 Å². The summed E-state index contributed by atoms with van der Waals surface area (Å²) in [4.78, 5) is 27.8. The van der Waals surface area contributed by atoms with Crippen LogP contribution in [0.2, 0.25) is 15.1 Å². The summed E-state index contributed by atoms with van der Waals surface area (Å²) >= 11 is 31.4. The van der Waals surface area contributed by atoms with Gasteiger partial charge < -0.3 is 20.3 Å². The first kappa shape index (κ1) is 31.7. The van der Waals surface area contributed by atoms with Gasteiger partial charge in [-0.15, -0.1) is 23.2 Å². The Balaban J connectivity index is 1.45. The fourth-order valence-corrected chi connectivity index (χ4v) is 5.85. The molecule has 2 atom stereocenters. The molecule has 2 N–H and O–H groups in total. The minimum atomic E-state index is -1.37. The van der Waals surface area contributed by atoms with E-state index in [0.717, 1.165) is 0 Å². The molecule has 1 saturated carbocycles. The summed E-state index contributed by atoms with van der Waals surface area (Å²) in [5.41, 5.74) is 1.15. The molecule has 0 heterocycles. The topological polar surface area (TPSA) is 70.7 Å². The van der Waals surface area contributed by atoms with E-state index < -0.39 is 33.8 Å². The summed E-state index contributed by atoms with van der Waals surface area (Å²) in [5, 5.41) is 6.30. The highest BCUT2D eigenvalue weighted by molar-refractivity contribution is 6.53. The van der Waals surface area contributed by atoms with Crippen molar-refractivity contribution >= 4 is 86.9 Å². The van der Waals surface area contributed by atoms with Crippen molar-refractivity contribution in [3.63, 3.8) is 0 Å². The van der Waals surface area contributed by atoms with Crippen LogP contribution < -0.4 is 15.5 Å². The number of nitrogens with one attached hydrogen (secondary N) is 2. The normalized spacial score (nSPS) is 17.6. The highest BCUT2D eigenvalue weighted by Gasteiger charge is 2.67. The third kappa shape index (κ3) is 7.58. The van der Waals surface area contributed by atoms with Crippen molar-refractivity contribution in [3.05, 3.63) is 86.6 Å². The Labute approximate surface area is 263 Å². The summed E-state index contributed by atoms with van der Waals surface area (Å²) < 4.78 is 19.2. The fraction of sp³-hybridized carbons (Fsp3) is 0.310. The standard InChI is InChI=1S/C29H27Cl5FN3O3/c1-28(2,3)41-14-38(4)23-8-6-19(13-22(23)35)36-26(39)20-12-18(5-7-21(20)32)37-27(40)25-24(29(25,33)34)15-9-16(30)11-17(31)10-15/h5-13,24-25H,14H2,1-4H3,(H,36,39)(H,37,40). The molecule has 1 aliphatic carbocycles. The van der Waals surface area contributed by atoms with E-state index in [1.165, 1.54) is 18.2 Å². The van der Waals surface area contributed by atoms with Crippen LogP contribution in [-0.4, -0.2) is 35.5 Å². The van der Waals surface area contributed by atoms with Gasteiger partial charge in [0.1, 0.15) is 16.9 Å². The van der Waals surface area contributed by atoms with Crippen LogP contribution >= 0.6 is 58.0 Å². The van der Waals surface area contributed by atoms with Crippen molar-refractivity contribution in [1.29, 1.82) is 0 Å². The first-order valence-corrected chi connectivity index (χ1v) is 14.4. The molecule has 41 heavy (non-hydrogen) atoms. The second-order valence-corrected chi connectivity index (χ2v) is 13.4. The Morgan fingerprint density at radius 3 is 2.17 bits per heavy atom. The lowest BCUT2D eigenvalue weighted by molar-refractivity contribution is -0.117. The molecule has 12 heteroatoms. The Morgan fingerprint density at radius 1 is 0.951 bits per heavy atom. The number of anilines is 3. The van der Waals surface area contributed by atoms with Crippen molar-refractivity contribution in [2.75, 3.05) is 29.3 Å². The highest BCUT2D eigenvalue weighted by atomic mass is 35.5. The zero-order chi connectivity index (χ0) is 30.3. The van der Waals surface area contributed by atoms with Gasteiger partial charge in [0.15, 0.2) is 0 Å². The van der Waals surface area contributed by atoms with Crippen LogP contribution in [0, 0.1) is 11.7 Å². The number of benzene rings is 3. The summed E-state index contributed by atoms with van der Waals surface area (Å²) in [6.45, 7) is 5.91. The molecule has 0 aliphatic heterocycles. The molecule has 0 radical (unpaired) electrons. The lowest BCUT2D eigenvalue weighted by Crippen LogP contribution is -2.29. The molecule has 6 nitrogen and oxygen atoms in total. The molecule has 4 rings (SSSR count). The monoisotopic (exact) mass is 659 g/mol. The first-order chi connectivity index (χ1) is 19.1. The predicted octanol–water partition coefficient (Wildman–Crippen LogP) is 8.77. The number of ether oxygens (including phenoxy) is 1. The summed E-state index contributed by atoms with van der Waals surface area (Å²) in [6.07, 6.45) is 0. The van der Waals surface area contributed by atoms with Crippen LogP contribution in [0.5, 0.6) is 0 Å². The van der Waals surface area contributed by atoms with Crippen LogP contribution in [0.4, 0.5) is 21.5 Å². The molecular formula is C29H27Cl5FN3O3. The summed E-state index contributed by atoms with van der Waals surface area (Å²) in [6, 6.07) is 13.6. The van der Waals surface area contributed by atoms with E-state index in [9.17, 15) is 14.0 Å². The molecule has 2 amide bonds. The first-order valence-electron chi connectivity index (χ1n) is 12.5. The molecular weight excluding hydrogens is 635 g/mol. The zero-order valence-electron chi connectivity index (χ0n) is 22.5. The number of alkyl halides is 2. The summed E-state index contributed by atoms with van der Waals surface area (Å²) in [7, 11) is 1.70. The van der Waals surface area contributed by atoms with E-state index in [2.05, 4.69) is 10.6 Å². The Kier molecular flexibility index (Phi) is 9.39. The van der Waals surface area contributed by atoms with Gasteiger partial charge in [0.2, 0.25) is 5.91 Å². The van der Waals surface area contributed by atoms with E-state index >= 15 is 0 Å². The van der Waals surface area contributed by atoms with Crippen LogP contribution in [0.25, 0.3) is 0 Å². The highest BCUT2D eigenvalue weighted by Crippen LogP contribution is 2.65. The lowest BCUT2D eigenvalue weighted by atomic mass is 10.1. The van der Waals surface area contributed by atoms with Crippen LogP contribution in [-0.2, 0) is 9.53 Å². The number of nitrogens with zero attached hydrogens (tertiary/aromatic N) is 1. The molecule has 3 aromatic carbocycles. The van der Waals surface area contributed by atoms with E-state index in [1.54, 1.807) is 48.3 Å². The minimum Gasteiger partial charge on any atom is -0.356 e. The Morgan fingerprint density at radius 2 is 1.56 bits per heavy atom. The average Bonchev–Trinajstić information content (AvgIpc) is 3.44. The largest absolute Gasteiger partial charge is 0.356 e. The number of amides is 2. The van der Waals surface area contributed by atoms with Gasteiger partial charge in [-0.25, -0.2) is 4.39 Å². The maximum absolute atomic E-state index is 14.8. The van der Waals surface area contributed by atoms with E-state index in [1.807, 2.05) is 20.8 Å². The quantitative estimate of drug-likeness (QED) is 0.187. The average molecular weight is 662 g/mol. The zero-order valence-corrected chi connectivity index (χ0v) is 26.3. The lowest BCUT2D eigenvalue weighted by Gasteiger charge is -2.26. The maximum Gasteiger partial charge on any atom is 0.257 e. The molecule has 0 saturated heterocycles. The van der Waals surface area contributed by atoms with Crippen LogP contribution in [0.15, 0.2) is 54.6 Å². The van der Waals surface area contributed by atoms with Gasteiger partial charge in [-0.2, -0.15) is 0 Å². The molecule has 0 aromatic heterocycles. The SMILES string of the molecule is CN(COC(C)(C)C)c1ccc(NC(=O)c2cc(NC(=O)C3C(c4cc(Cl)cc(Cl)c4)C3(Cl)Cl)ccc2Cl)cc1F. The molecule has 3 aromatic rings. The second kappa shape index (κ2) is 12.2. The molecule has 0 bridgehead atoms. The van der Waals surface area contributed by atoms with Gasteiger partial charge in [0, 0.05) is 34.4 Å². The minimum absolute atomic E-state index is 0.0710. The van der Waals surface area contributed by atoms with Gasteiger partial charge in [-0.1, -0.05) is 34.8 Å². The molecule has 1 fully saturated rings. The van der Waals surface area contributed by atoms with Gasteiger partial charge in [0.25, 0.3) is 5.91 Å². The maximum atomic E-state index is 14.8. The molecule has 1 aliphatic rings. The number of rotatable bonds is 8. The number of halogens is 6. The number of carbonyl (C=O) groups is 2. The Hall–Kier alpha value is -2.26. The van der Waals surface area contributed by atoms with E-state index in [-0.39, 0.29) is 28.6 Å². The van der Waals surface area contributed by atoms with Gasteiger partial charge in [-0.3, -0.25) is 9.59 Å². The molecule has 218 valence electrons. The summed E-state index contributed by atoms with van der Waals surface area (Å²) in [5.74, 6) is -2.91. The molecule has 2 unspecified atom stereocenters. The van der Waals surface area contributed by atoms with E-state index in [4.69, 9.17) is 62.7 Å². The molecule has 0 spiro atoms. The van der Waals surface area contributed by atoms with Crippen molar-refractivity contribution < 1.29 is 18.7 Å². The smallest absolute Gasteiger partial charge is 0.257 e.